The second kappa shape index (κ2) is 5.31. The molecule has 0 unspecified atom stereocenters. The van der Waals surface area contributed by atoms with E-state index < -0.39 is 12.0 Å². The average Bonchev–Trinajstić information content (AvgIpc) is 2.73. The van der Waals surface area contributed by atoms with Crippen LogP contribution in [0.3, 0.4) is 0 Å². The molecule has 0 saturated carbocycles. The number of para-hydroxylation sites is 1. The van der Waals surface area contributed by atoms with Gasteiger partial charge < -0.3 is 4.57 Å². The third-order valence-electron chi connectivity index (χ3n) is 3.24. The van der Waals surface area contributed by atoms with Crippen LogP contribution in [0.2, 0.25) is 0 Å². The Morgan fingerprint density at radius 3 is 2.50 bits per heavy atom. The summed E-state index contributed by atoms with van der Waals surface area (Å²) in [5, 5.41) is 0.360. The lowest BCUT2D eigenvalue weighted by atomic mass is 10.1. The molecule has 1 aromatic carbocycles. The summed E-state index contributed by atoms with van der Waals surface area (Å²) in [6.07, 6.45) is -2.67. The number of carbonyl (C=O) groups is 1. The first-order chi connectivity index (χ1) is 9.30. The van der Waals surface area contributed by atoms with Crippen LogP contribution in [-0.2, 0) is 6.54 Å². The van der Waals surface area contributed by atoms with E-state index in [0.717, 1.165) is 6.42 Å². The molecule has 20 heavy (non-hydrogen) atoms. The van der Waals surface area contributed by atoms with Gasteiger partial charge in [-0.15, -0.1) is 0 Å². The first-order valence-corrected chi connectivity index (χ1v) is 6.50. The molecule has 0 amide bonds. The molecule has 2 rings (SSSR count). The molecule has 0 aliphatic carbocycles. The van der Waals surface area contributed by atoms with Gasteiger partial charge >= 0.3 is 6.18 Å². The fraction of sp³-hybridized carbons (Fsp3) is 0.400. The standard InChI is InChI=1S/C15H16F3NO/c1-10(2)7-8-19-9-12(14(20)15(16,17)18)11-5-3-4-6-13(11)19/h3-6,9-10H,7-8H2,1-2H3. The van der Waals surface area contributed by atoms with Crippen molar-refractivity contribution in [2.24, 2.45) is 5.92 Å². The quantitative estimate of drug-likeness (QED) is 0.761. The van der Waals surface area contributed by atoms with E-state index >= 15 is 0 Å². The monoisotopic (exact) mass is 283 g/mol. The highest BCUT2D eigenvalue weighted by molar-refractivity contribution is 6.10. The summed E-state index contributed by atoms with van der Waals surface area (Å²) >= 11 is 0. The Kier molecular flexibility index (Phi) is 3.88. The minimum absolute atomic E-state index is 0.267. The van der Waals surface area contributed by atoms with E-state index in [1.54, 1.807) is 28.8 Å². The molecular weight excluding hydrogens is 267 g/mol. The average molecular weight is 283 g/mol. The first-order valence-electron chi connectivity index (χ1n) is 6.50. The summed E-state index contributed by atoms with van der Waals surface area (Å²) in [6, 6.07) is 6.70. The van der Waals surface area contributed by atoms with Crippen molar-refractivity contribution >= 4 is 16.7 Å². The third-order valence-corrected chi connectivity index (χ3v) is 3.24. The van der Waals surface area contributed by atoms with Crippen LogP contribution in [0.4, 0.5) is 13.2 Å². The van der Waals surface area contributed by atoms with E-state index in [2.05, 4.69) is 0 Å². The molecule has 0 aliphatic heterocycles. The van der Waals surface area contributed by atoms with Gasteiger partial charge in [-0.2, -0.15) is 13.2 Å². The lowest BCUT2D eigenvalue weighted by Crippen LogP contribution is -2.22. The van der Waals surface area contributed by atoms with Gasteiger partial charge in [0.1, 0.15) is 0 Å². The number of alkyl halides is 3. The van der Waals surface area contributed by atoms with Crippen molar-refractivity contribution < 1.29 is 18.0 Å². The Morgan fingerprint density at radius 2 is 1.90 bits per heavy atom. The lowest BCUT2D eigenvalue weighted by molar-refractivity contribution is -0.0884. The predicted molar refractivity (Wildman–Crippen MR) is 71.8 cm³/mol. The van der Waals surface area contributed by atoms with E-state index in [1.807, 2.05) is 13.8 Å². The van der Waals surface area contributed by atoms with Crippen LogP contribution in [-0.4, -0.2) is 16.5 Å². The summed E-state index contributed by atoms with van der Waals surface area (Å²) in [4.78, 5) is 11.5. The highest BCUT2D eigenvalue weighted by atomic mass is 19.4. The fourth-order valence-electron chi connectivity index (χ4n) is 2.16. The van der Waals surface area contributed by atoms with Crippen LogP contribution in [0, 0.1) is 5.92 Å². The van der Waals surface area contributed by atoms with Crippen molar-refractivity contribution in [3.8, 4) is 0 Å². The molecule has 0 saturated heterocycles. The number of carbonyl (C=O) groups excluding carboxylic acids is 1. The maximum Gasteiger partial charge on any atom is 0.454 e. The number of rotatable bonds is 4. The van der Waals surface area contributed by atoms with Crippen molar-refractivity contribution in [2.45, 2.75) is 33.0 Å². The van der Waals surface area contributed by atoms with Crippen LogP contribution in [0.5, 0.6) is 0 Å². The van der Waals surface area contributed by atoms with Gasteiger partial charge in [0.05, 0.1) is 5.56 Å². The molecule has 1 heterocycles. The molecular formula is C15H16F3NO. The van der Waals surface area contributed by atoms with Crippen molar-refractivity contribution in [3.05, 3.63) is 36.0 Å². The van der Waals surface area contributed by atoms with Gasteiger partial charge in [-0.1, -0.05) is 32.0 Å². The van der Waals surface area contributed by atoms with Crippen LogP contribution in [0.15, 0.2) is 30.5 Å². The zero-order valence-corrected chi connectivity index (χ0v) is 11.4. The van der Waals surface area contributed by atoms with Gasteiger partial charge in [0.15, 0.2) is 0 Å². The van der Waals surface area contributed by atoms with E-state index in [4.69, 9.17) is 0 Å². The van der Waals surface area contributed by atoms with Crippen LogP contribution >= 0.6 is 0 Å². The highest BCUT2D eigenvalue weighted by Gasteiger charge is 2.40. The van der Waals surface area contributed by atoms with E-state index in [1.165, 1.54) is 6.20 Å². The van der Waals surface area contributed by atoms with E-state index in [9.17, 15) is 18.0 Å². The first kappa shape index (κ1) is 14.6. The fourth-order valence-corrected chi connectivity index (χ4v) is 2.16. The number of ketones is 1. The van der Waals surface area contributed by atoms with Gasteiger partial charge in [0, 0.05) is 23.6 Å². The highest BCUT2D eigenvalue weighted by Crippen LogP contribution is 2.28. The number of Topliss-reactive ketones (excluding diaryl/α,β-unsaturated/α-hetero) is 1. The number of halogens is 3. The van der Waals surface area contributed by atoms with Crippen LogP contribution in [0.1, 0.15) is 30.6 Å². The zero-order chi connectivity index (χ0) is 14.9. The van der Waals surface area contributed by atoms with Gasteiger partial charge in [0.25, 0.3) is 5.78 Å². The molecule has 0 aliphatic rings. The Balaban J connectivity index is 2.48. The van der Waals surface area contributed by atoms with Gasteiger partial charge in [0.2, 0.25) is 0 Å². The molecule has 5 heteroatoms. The number of hydrogen-bond acceptors (Lipinski definition) is 1. The maximum absolute atomic E-state index is 12.6. The number of aromatic nitrogens is 1. The minimum atomic E-state index is -4.84. The summed E-state index contributed by atoms with van der Waals surface area (Å²) in [5.74, 6) is -1.34. The molecule has 0 fully saturated rings. The number of fused-ring (bicyclic) bond motifs is 1. The number of aryl methyl sites for hydroxylation is 1. The maximum atomic E-state index is 12.6. The topological polar surface area (TPSA) is 22.0 Å². The minimum Gasteiger partial charge on any atom is -0.347 e. The molecule has 108 valence electrons. The molecule has 2 nitrogen and oxygen atoms in total. The summed E-state index contributed by atoms with van der Waals surface area (Å²) in [6.45, 7) is 4.70. The predicted octanol–water partition coefficient (Wildman–Crippen LogP) is 4.43. The van der Waals surface area contributed by atoms with Crippen molar-refractivity contribution in [2.75, 3.05) is 0 Å². The lowest BCUT2D eigenvalue weighted by Gasteiger charge is -2.07. The molecule has 0 N–H and O–H groups in total. The smallest absolute Gasteiger partial charge is 0.347 e. The molecule has 0 bridgehead atoms. The Labute approximate surface area is 115 Å². The summed E-state index contributed by atoms with van der Waals surface area (Å²) < 4.78 is 39.6. The van der Waals surface area contributed by atoms with Crippen molar-refractivity contribution in [1.82, 2.24) is 4.57 Å². The van der Waals surface area contributed by atoms with Gasteiger partial charge in [-0.05, 0) is 18.4 Å². The van der Waals surface area contributed by atoms with Crippen LogP contribution < -0.4 is 0 Å². The molecule has 0 radical (unpaired) electrons. The van der Waals surface area contributed by atoms with Crippen molar-refractivity contribution in [1.29, 1.82) is 0 Å². The molecule has 2 aromatic rings. The van der Waals surface area contributed by atoms with E-state index in [-0.39, 0.29) is 5.56 Å². The second-order valence-electron chi connectivity index (χ2n) is 5.26. The van der Waals surface area contributed by atoms with Gasteiger partial charge in [-0.25, -0.2) is 0 Å². The van der Waals surface area contributed by atoms with Crippen LogP contribution in [0.25, 0.3) is 10.9 Å². The third kappa shape index (κ3) is 2.86. The number of nitrogens with zero attached hydrogens (tertiary/aromatic N) is 1. The summed E-state index contributed by atoms with van der Waals surface area (Å²) in [7, 11) is 0. The van der Waals surface area contributed by atoms with E-state index in [0.29, 0.717) is 23.4 Å². The number of benzene rings is 1. The Hall–Kier alpha value is -1.78. The normalized spacial score (nSPS) is 12.3. The molecule has 0 spiro atoms. The van der Waals surface area contributed by atoms with Crippen molar-refractivity contribution in [3.63, 3.8) is 0 Å². The van der Waals surface area contributed by atoms with Gasteiger partial charge in [-0.3, -0.25) is 4.79 Å². The second-order valence-corrected chi connectivity index (χ2v) is 5.26. The SMILES string of the molecule is CC(C)CCn1cc(C(=O)C(F)(F)F)c2ccccc21. The molecule has 1 aromatic heterocycles. The molecule has 0 atom stereocenters. The summed E-state index contributed by atoms with van der Waals surface area (Å²) in [5.41, 5.74) is 0.401. The Bertz CT molecular complexity index is 626. The number of hydrogen-bond donors (Lipinski definition) is 0. The largest absolute Gasteiger partial charge is 0.454 e. The zero-order valence-electron chi connectivity index (χ0n) is 11.4. The Morgan fingerprint density at radius 1 is 1.25 bits per heavy atom.